The Morgan fingerprint density at radius 3 is 2.73 bits per heavy atom. The summed E-state index contributed by atoms with van der Waals surface area (Å²) in [6.45, 7) is 2.03. The number of rotatable bonds is 6. The van der Waals surface area contributed by atoms with Gasteiger partial charge in [-0.15, -0.1) is 10.2 Å². The summed E-state index contributed by atoms with van der Waals surface area (Å²) >= 11 is 1.29. The van der Waals surface area contributed by atoms with Crippen molar-refractivity contribution in [2.45, 2.75) is 32.2 Å². The van der Waals surface area contributed by atoms with Crippen molar-refractivity contribution in [3.05, 3.63) is 35.1 Å². The molecule has 2 aromatic rings. The van der Waals surface area contributed by atoms with Gasteiger partial charge >= 0.3 is 0 Å². The van der Waals surface area contributed by atoms with E-state index in [9.17, 15) is 14.0 Å². The normalized spacial score (nSPS) is 16.5. The molecule has 10 heteroatoms. The van der Waals surface area contributed by atoms with E-state index in [0.29, 0.717) is 10.8 Å². The van der Waals surface area contributed by atoms with Crippen LogP contribution in [0.3, 0.4) is 0 Å². The lowest BCUT2D eigenvalue weighted by Gasteiger charge is -2.20. The first kappa shape index (κ1) is 17.9. The van der Waals surface area contributed by atoms with Crippen LogP contribution >= 0.6 is 11.3 Å². The molecular weight excluding hydrogens is 359 g/mol. The van der Waals surface area contributed by atoms with E-state index in [2.05, 4.69) is 20.6 Å². The molecule has 0 radical (unpaired) electrons. The van der Waals surface area contributed by atoms with Gasteiger partial charge < -0.3 is 5.73 Å². The molecule has 136 valence electrons. The molecule has 2 amide bonds. The van der Waals surface area contributed by atoms with E-state index >= 15 is 0 Å². The molecule has 0 aliphatic carbocycles. The number of aromatic nitrogens is 2. The average Bonchev–Trinajstić information content (AvgIpc) is 3.23. The second-order valence-corrected chi connectivity index (χ2v) is 6.76. The van der Waals surface area contributed by atoms with Crippen molar-refractivity contribution in [2.24, 2.45) is 10.8 Å². The fourth-order valence-corrected chi connectivity index (χ4v) is 3.33. The molecule has 0 saturated heterocycles. The zero-order valence-corrected chi connectivity index (χ0v) is 14.8. The Labute approximate surface area is 152 Å². The molecule has 8 nitrogen and oxygen atoms in total. The highest BCUT2D eigenvalue weighted by atomic mass is 32.1. The molecule has 0 unspecified atom stereocenters. The first-order chi connectivity index (χ1) is 12.5. The fourth-order valence-electron chi connectivity index (χ4n) is 2.49. The number of hydrogen-bond acceptors (Lipinski definition) is 7. The van der Waals surface area contributed by atoms with Gasteiger partial charge in [-0.25, -0.2) is 4.39 Å². The number of amides is 2. The van der Waals surface area contributed by atoms with Crippen LogP contribution in [0.25, 0.3) is 0 Å². The van der Waals surface area contributed by atoms with Gasteiger partial charge in [-0.05, 0) is 30.7 Å². The van der Waals surface area contributed by atoms with E-state index in [1.54, 1.807) is 0 Å². The lowest BCUT2D eigenvalue weighted by atomic mass is 10.1. The van der Waals surface area contributed by atoms with Crippen LogP contribution < -0.4 is 16.1 Å². The average molecular weight is 376 g/mol. The molecule has 26 heavy (non-hydrogen) atoms. The van der Waals surface area contributed by atoms with Crippen molar-refractivity contribution in [1.82, 2.24) is 10.2 Å². The van der Waals surface area contributed by atoms with Crippen LogP contribution in [0.1, 0.15) is 24.8 Å². The zero-order valence-electron chi connectivity index (χ0n) is 14.0. The Bertz CT molecular complexity index is 851. The van der Waals surface area contributed by atoms with Crippen LogP contribution in [-0.4, -0.2) is 33.8 Å². The number of hydrazone groups is 1. The number of nitrogens with one attached hydrogen (secondary N) is 1. The first-order valence-corrected chi connectivity index (χ1v) is 8.85. The SMILES string of the molecule is CCCc1nnc(NC(=O)C2=NN(c3ccc(F)cc3)[C@H](C(N)=O)C2)s1. The molecule has 0 bridgehead atoms. The standard InChI is InChI=1S/C16H17FN6O2S/c1-2-3-13-20-21-16(26-13)19-15(25)11-8-12(14(18)24)23(22-11)10-6-4-9(17)5-7-10/h4-7,12H,2-3,8H2,1H3,(H2,18,24)(H,19,21,25)/t12-/m0/s1. The third-order valence-electron chi connectivity index (χ3n) is 3.74. The van der Waals surface area contributed by atoms with E-state index in [1.807, 2.05) is 6.92 Å². The molecule has 0 fully saturated rings. The van der Waals surface area contributed by atoms with Gasteiger partial charge in [-0.1, -0.05) is 18.3 Å². The summed E-state index contributed by atoms with van der Waals surface area (Å²) in [7, 11) is 0. The van der Waals surface area contributed by atoms with Crippen molar-refractivity contribution in [2.75, 3.05) is 10.3 Å². The van der Waals surface area contributed by atoms with E-state index < -0.39 is 23.7 Å². The molecule has 0 spiro atoms. The molecule has 1 aliphatic heterocycles. The van der Waals surface area contributed by atoms with Crippen molar-refractivity contribution in [3.8, 4) is 0 Å². The van der Waals surface area contributed by atoms with E-state index in [0.717, 1.165) is 17.8 Å². The minimum atomic E-state index is -0.814. The van der Waals surface area contributed by atoms with Crippen LogP contribution in [-0.2, 0) is 16.0 Å². The number of anilines is 2. The summed E-state index contributed by atoms with van der Waals surface area (Å²) in [5.74, 6) is -1.51. The maximum absolute atomic E-state index is 13.1. The topological polar surface area (TPSA) is 114 Å². The van der Waals surface area contributed by atoms with E-state index in [-0.39, 0.29) is 12.1 Å². The van der Waals surface area contributed by atoms with Gasteiger partial charge in [0.1, 0.15) is 22.6 Å². The smallest absolute Gasteiger partial charge is 0.273 e. The minimum Gasteiger partial charge on any atom is -0.368 e. The van der Waals surface area contributed by atoms with Gasteiger partial charge in [0.2, 0.25) is 11.0 Å². The van der Waals surface area contributed by atoms with Crippen molar-refractivity contribution in [1.29, 1.82) is 0 Å². The van der Waals surface area contributed by atoms with Gasteiger partial charge in [0.25, 0.3) is 5.91 Å². The van der Waals surface area contributed by atoms with Crippen LogP contribution in [0.5, 0.6) is 0 Å². The summed E-state index contributed by atoms with van der Waals surface area (Å²) in [6, 6.07) is 4.62. The first-order valence-electron chi connectivity index (χ1n) is 8.03. The monoisotopic (exact) mass is 376 g/mol. The Morgan fingerprint density at radius 1 is 1.35 bits per heavy atom. The molecule has 1 aromatic carbocycles. The van der Waals surface area contributed by atoms with Crippen molar-refractivity contribution >= 4 is 39.7 Å². The largest absolute Gasteiger partial charge is 0.368 e. The van der Waals surface area contributed by atoms with Crippen molar-refractivity contribution < 1.29 is 14.0 Å². The van der Waals surface area contributed by atoms with Gasteiger partial charge in [0.05, 0.1) is 5.69 Å². The maximum atomic E-state index is 13.1. The quantitative estimate of drug-likeness (QED) is 0.796. The molecule has 2 heterocycles. The van der Waals surface area contributed by atoms with E-state index in [4.69, 9.17) is 5.73 Å². The van der Waals surface area contributed by atoms with Crippen molar-refractivity contribution in [3.63, 3.8) is 0 Å². The van der Waals surface area contributed by atoms with Gasteiger partial charge in [0.15, 0.2) is 0 Å². The predicted molar refractivity (Wildman–Crippen MR) is 96.4 cm³/mol. The van der Waals surface area contributed by atoms with Gasteiger partial charge in [-0.2, -0.15) is 5.10 Å². The highest BCUT2D eigenvalue weighted by molar-refractivity contribution is 7.15. The highest BCUT2D eigenvalue weighted by Gasteiger charge is 2.35. The lowest BCUT2D eigenvalue weighted by Crippen LogP contribution is -2.39. The van der Waals surface area contributed by atoms with Crippen LogP contribution in [0.15, 0.2) is 29.4 Å². The summed E-state index contributed by atoms with van der Waals surface area (Å²) in [6.07, 6.45) is 1.78. The Morgan fingerprint density at radius 2 is 2.08 bits per heavy atom. The minimum absolute atomic E-state index is 0.0547. The highest BCUT2D eigenvalue weighted by Crippen LogP contribution is 2.25. The van der Waals surface area contributed by atoms with Crippen LogP contribution in [0, 0.1) is 5.82 Å². The molecule has 1 aliphatic rings. The molecule has 1 atom stereocenters. The third-order valence-corrected chi connectivity index (χ3v) is 4.64. The number of primary amides is 1. The number of nitrogens with zero attached hydrogens (tertiary/aromatic N) is 4. The third kappa shape index (κ3) is 3.85. The predicted octanol–water partition coefficient (Wildman–Crippen LogP) is 1.69. The lowest BCUT2D eigenvalue weighted by molar-refractivity contribution is -0.119. The maximum Gasteiger partial charge on any atom is 0.273 e. The second-order valence-electron chi connectivity index (χ2n) is 5.70. The van der Waals surface area contributed by atoms with Gasteiger partial charge in [0, 0.05) is 12.8 Å². The summed E-state index contributed by atoms with van der Waals surface area (Å²) in [5.41, 5.74) is 6.04. The molecule has 3 rings (SSSR count). The summed E-state index contributed by atoms with van der Waals surface area (Å²) < 4.78 is 13.1. The van der Waals surface area contributed by atoms with E-state index in [1.165, 1.54) is 40.6 Å². The second kappa shape index (κ2) is 7.56. The summed E-state index contributed by atoms with van der Waals surface area (Å²) in [4.78, 5) is 24.2. The Balaban J connectivity index is 1.77. The van der Waals surface area contributed by atoms with Crippen LogP contribution in [0.4, 0.5) is 15.2 Å². The number of carbonyl (C=O) groups excluding carboxylic acids is 2. The number of halogens is 1. The summed E-state index contributed by atoms with van der Waals surface area (Å²) in [5, 5.41) is 17.3. The number of carbonyl (C=O) groups is 2. The number of aryl methyl sites for hydroxylation is 1. The van der Waals surface area contributed by atoms with Crippen LogP contribution in [0.2, 0.25) is 0 Å². The molecular formula is C16H17FN6O2S. The number of nitrogens with two attached hydrogens (primary N) is 1. The van der Waals surface area contributed by atoms with Gasteiger partial charge in [-0.3, -0.25) is 19.9 Å². The molecule has 3 N–H and O–H groups in total. The number of hydrogen-bond donors (Lipinski definition) is 2. The molecule has 0 saturated carbocycles. The Kier molecular flexibility index (Phi) is 5.21. The molecule has 1 aromatic heterocycles. The fraction of sp³-hybridized carbons (Fsp3) is 0.312. The zero-order chi connectivity index (χ0) is 18.7. The number of benzene rings is 1. The Hall–Kier alpha value is -2.88.